The number of carbonyl (C=O) groups excluding carboxylic acids is 3. The molecule has 0 rings (SSSR count). The molecule has 0 aromatic rings. The Kier molecular flexibility index (Phi) is 57.7. The summed E-state index contributed by atoms with van der Waals surface area (Å²) in [6.07, 6.45) is 74.0. The topological polar surface area (TPSA) is 78.9 Å². The molecule has 6 nitrogen and oxygen atoms in total. The van der Waals surface area contributed by atoms with Crippen LogP contribution in [0.2, 0.25) is 0 Å². The fourth-order valence-electron chi connectivity index (χ4n) is 9.09. The highest BCUT2D eigenvalue weighted by molar-refractivity contribution is 5.71. The van der Waals surface area contributed by atoms with Crippen molar-refractivity contribution in [3.05, 3.63) is 48.6 Å². The van der Waals surface area contributed by atoms with E-state index in [1.165, 1.54) is 212 Å². The van der Waals surface area contributed by atoms with Crippen LogP contribution in [0.25, 0.3) is 0 Å². The highest BCUT2D eigenvalue weighted by Gasteiger charge is 2.19. The van der Waals surface area contributed by atoms with Crippen LogP contribution in [0.15, 0.2) is 48.6 Å². The second kappa shape index (κ2) is 59.9. The van der Waals surface area contributed by atoms with Gasteiger partial charge in [0.2, 0.25) is 0 Å². The quantitative estimate of drug-likeness (QED) is 0.0261. The minimum atomic E-state index is -0.775. The molecule has 0 aliphatic carbocycles. The van der Waals surface area contributed by atoms with E-state index in [-0.39, 0.29) is 31.1 Å². The number of ether oxygens (including phenoxy) is 3. The van der Waals surface area contributed by atoms with Crippen LogP contribution in [-0.2, 0) is 28.6 Å². The second-order valence-electron chi connectivity index (χ2n) is 21.0. The van der Waals surface area contributed by atoms with Crippen molar-refractivity contribution in [1.82, 2.24) is 0 Å². The van der Waals surface area contributed by atoms with Crippen LogP contribution in [0.5, 0.6) is 0 Å². The standard InChI is InChI=1S/C65H118O6/c1-4-7-10-13-16-19-22-25-27-29-30-31-32-33-34-35-36-37-39-40-43-46-49-52-55-58-64(67)70-61-62(60-69-63(66)57-54-51-48-45-42-24-21-18-15-12-9-6-3)71-65(68)59-56-53-50-47-44-41-38-28-26-23-20-17-14-11-8-5-2/h18,21-22,25,29-30,32-33,62H,4-17,19-20,23-24,26-28,31,34-61H2,1-3H3/b21-18-,25-22-,30-29-,33-32-. The van der Waals surface area contributed by atoms with Crippen LogP contribution in [0.4, 0.5) is 0 Å². The van der Waals surface area contributed by atoms with E-state index in [0.717, 1.165) is 77.0 Å². The molecule has 0 fully saturated rings. The van der Waals surface area contributed by atoms with E-state index in [1.807, 2.05) is 0 Å². The number of carbonyl (C=O) groups is 3. The molecule has 0 heterocycles. The first kappa shape index (κ1) is 68.4. The number of allylic oxidation sites excluding steroid dienone is 8. The molecule has 0 saturated carbocycles. The van der Waals surface area contributed by atoms with Gasteiger partial charge in [-0.25, -0.2) is 0 Å². The van der Waals surface area contributed by atoms with E-state index in [1.54, 1.807) is 0 Å². The number of unbranched alkanes of at least 4 members (excludes halogenated alkanes) is 38. The van der Waals surface area contributed by atoms with Crippen molar-refractivity contribution in [1.29, 1.82) is 0 Å². The molecular formula is C65H118O6. The van der Waals surface area contributed by atoms with Crippen LogP contribution < -0.4 is 0 Å². The lowest BCUT2D eigenvalue weighted by molar-refractivity contribution is -0.167. The summed E-state index contributed by atoms with van der Waals surface area (Å²) in [5, 5.41) is 0. The zero-order valence-electron chi connectivity index (χ0n) is 47.5. The predicted octanol–water partition coefficient (Wildman–Crippen LogP) is 21.0. The summed E-state index contributed by atoms with van der Waals surface area (Å²) < 4.78 is 16.9. The van der Waals surface area contributed by atoms with Gasteiger partial charge in [-0.15, -0.1) is 0 Å². The minimum Gasteiger partial charge on any atom is -0.462 e. The molecule has 0 aliphatic rings. The molecule has 0 amide bonds. The average Bonchev–Trinajstić information content (AvgIpc) is 3.37. The zero-order chi connectivity index (χ0) is 51.4. The lowest BCUT2D eigenvalue weighted by Crippen LogP contribution is -2.30. The smallest absolute Gasteiger partial charge is 0.306 e. The Labute approximate surface area is 441 Å². The SMILES string of the molecule is CCCCC/C=C\CCCCCCCC(=O)OCC(COC(=O)CCCCCCCCCCCC/C=C\C/C=C\C/C=C\CCCCCCC)OC(=O)CCCCCCCCCCCCCCCCCC. The van der Waals surface area contributed by atoms with E-state index < -0.39 is 6.10 Å². The van der Waals surface area contributed by atoms with E-state index in [0.29, 0.717) is 19.3 Å². The Morgan fingerprint density at radius 2 is 0.507 bits per heavy atom. The van der Waals surface area contributed by atoms with Gasteiger partial charge in [-0.05, 0) is 83.5 Å². The fraction of sp³-hybridized carbons (Fsp3) is 0.831. The minimum absolute atomic E-state index is 0.0745. The van der Waals surface area contributed by atoms with Gasteiger partial charge in [0, 0.05) is 19.3 Å². The molecule has 0 saturated heterocycles. The maximum Gasteiger partial charge on any atom is 0.306 e. The summed E-state index contributed by atoms with van der Waals surface area (Å²) >= 11 is 0. The largest absolute Gasteiger partial charge is 0.462 e. The van der Waals surface area contributed by atoms with Crippen LogP contribution in [0.3, 0.4) is 0 Å². The summed E-state index contributed by atoms with van der Waals surface area (Å²) in [5.41, 5.74) is 0. The highest BCUT2D eigenvalue weighted by Crippen LogP contribution is 2.17. The average molecular weight is 996 g/mol. The normalized spacial score (nSPS) is 12.3. The van der Waals surface area contributed by atoms with Crippen molar-refractivity contribution >= 4 is 17.9 Å². The monoisotopic (exact) mass is 995 g/mol. The van der Waals surface area contributed by atoms with E-state index in [2.05, 4.69) is 69.4 Å². The number of hydrogen-bond donors (Lipinski definition) is 0. The summed E-state index contributed by atoms with van der Waals surface area (Å²) in [5.74, 6) is -0.869. The highest BCUT2D eigenvalue weighted by atomic mass is 16.6. The van der Waals surface area contributed by atoms with Gasteiger partial charge in [-0.2, -0.15) is 0 Å². The molecule has 414 valence electrons. The van der Waals surface area contributed by atoms with Crippen molar-refractivity contribution in [2.75, 3.05) is 13.2 Å². The van der Waals surface area contributed by atoms with Gasteiger partial charge in [0.05, 0.1) is 0 Å². The summed E-state index contributed by atoms with van der Waals surface area (Å²) in [4.78, 5) is 38.2. The Balaban J connectivity index is 4.26. The molecule has 0 bridgehead atoms. The lowest BCUT2D eigenvalue weighted by Gasteiger charge is -2.18. The molecule has 6 heteroatoms. The van der Waals surface area contributed by atoms with Gasteiger partial charge >= 0.3 is 17.9 Å². The first-order valence-corrected chi connectivity index (χ1v) is 31.1. The number of rotatable bonds is 57. The predicted molar refractivity (Wildman–Crippen MR) is 307 cm³/mol. The van der Waals surface area contributed by atoms with Crippen molar-refractivity contribution in [3.8, 4) is 0 Å². The first-order valence-electron chi connectivity index (χ1n) is 31.1. The van der Waals surface area contributed by atoms with Gasteiger partial charge < -0.3 is 14.2 Å². The van der Waals surface area contributed by atoms with Crippen molar-refractivity contribution in [2.24, 2.45) is 0 Å². The molecule has 0 radical (unpaired) electrons. The molecule has 1 unspecified atom stereocenters. The van der Waals surface area contributed by atoms with Crippen molar-refractivity contribution in [3.63, 3.8) is 0 Å². The zero-order valence-corrected chi connectivity index (χ0v) is 47.5. The van der Waals surface area contributed by atoms with Gasteiger partial charge in [-0.3, -0.25) is 14.4 Å². The lowest BCUT2D eigenvalue weighted by atomic mass is 10.0. The maximum absolute atomic E-state index is 12.9. The molecule has 0 spiro atoms. The van der Waals surface area contributed by atoms with Crippen molar-refractivity contribution in [2.45, 2.75) is 335 Å². The summed E-state index contributed by atoms with van der Waals surface area (Å²) in [7, 11) is 0. The van der Waals surface area contributed by atoms with Crippen LogP contribution in [-0.4, -0.2) is 37.2 Å². The summed E-state index contributed by atoms with van der Waals surface area (Å²) in [6, 6.07) is 0. The van der Waals surface area contributed by atoms with E-state index >= 15 is 0 Å². The molecule has 0 aromatic heterocycles. The van der Waals surface area contributed by atoms with Gasteiger partial charge in [0.25, 0.3) is 0 Å². The first-order chi connectivity index (χ1) is 35.0. The van der Waals surface area contributed by atoms with Gasteiger partial charge in [0.15, 0.2) is 6.10 Å². The van der Waals surface area contributed by atoms with Crippen LogP contribution in [0, 0.1) is 0 Å². The number of esters is 3. The summed E-state index contributed by atoms with van der Waals surface area (Å²) in [6.45, 7) is 6.64. The van der Waals surface area contributed by atoms with Crippen molar-refractivity contribution < 1.29 is 28.6 Å². The second-order valence-corrected chi connectivity index (χ2v) is 21.0. The maximum atomic E-state index is 12.9. The van der Waals surface area contributed by atoms with Gasteiger partial charge in [-0.1, -0.05) is 275 Å². The Hall–Kier alpha value is -2.63. The Morgan fingerprint density at radius 3 is 0.831 bits per heavy atom. The third kappa shape index (κ3) is 58.1. The van der Waals surface area contributed by atoms with E-state index in [9.17, 15) is 14.4 Å². The molecule has 0 aromatic carbocycles. The van der Waals surface area contributed by atoms with Crippen LogP contribution >= 0.6 is 0 Å². The third-order valence-corrected chi connectivity index (χ3v) is 13.8. The Bertz CT molecular complexity index is 1230. The van der Waals surface area contributed by atoms with Crippen LogP contribution in [0.1, 0.15) is 329 Å². The fourth-order valence-corrected chi connectivity index (χ4v) is 9.09. The van der Waals surface area contributed by atoms with Gasteiger partial charge in [0.1, 0.15) is 13.2 Å². The Morgan fingerprint density at radius 1 is 0.282 bits per heavy atom. The number of hydrogen-bond acceptors (Lipinski definition) is 6. The third-order valence-electron chi connectivity index (χ3n) is 13.8. The molecule has 0 N–H and O–H groups in total. The molecular weight excluding hydrogens is 877 g/mol. The van der Waals surface area contributed by atoms with E-state index in [4.69, 9.17) is 14.2 Å². The molecule has 1 atom stereocenters. The molecule has 71 heavy (non-hydrogen) atoms. The molecule has 0 aliphatic heterocycles.